The van der Waals surface area contributed by atoms with Gasteiger partial charge in [-0.05, 0) is 50.7 Å². The van der Waals surface area contributed by atoms with Gasteiger partial charge in [-0.15, -0.1) is 0 Å². The van der Waals surface area contributed by atoms with Crippen molar-refractivity contribution in [3.63, 3.8) is 0 Å². The van der Waals surface area contributed by atoms with Crippen LogP contribution >= 0.6 is 0 Å². The van der Waals surface area contributed by atoms with Gasteiger partial charge in [0.1, 0.15) is 5.60 Å². The highest BCUT2D eigenvalue weighted by Gasteiger charge is 2.51. The van der Waals surface area contributed by atoms with E-state index in [9.17, 15) is 14.4 Å². The van der Waals surface area contributed by atoms with Crippen LogP contribution in [0.3, 0.4) is 0 Å². The zero-order valence-electron chi connectivity index (χ0n) is 23.1. The Morgan fingerprint density at radius 3 is 1.88 bits per heavy atom. The van der Waals surface area contributed by atoms with Gasteiger partial charge in [0, 0.05) is 18.9 Å². The third kappa shape index (κ3) is 7.27. The van der Waals surface area contributed by atoms with Crippen LogP contribution in [0.2, 0.25) is 16.6 Å². The molecule has 0 aromatic carbocycles. The molecule has 9 heteroatoms. The number of nitrogens with two attached hydrogens (primary N) is 1. The molecule has 8 nitrogen and oxygen atoms in total. The van der Waals surface area contributed by atoms with Gasteiger partial charge in [0.25, 0.3) is 0 Å². The number of rotatable bonds is 10. The van der Waals surface area contributed by atoms with Crippen LogP contribution in [-0.4, -0.2) is 68.0 Å². The van der Waals surface area contributed by atoms with Crippen LogP contribution in [0.15, 0.2) is 0 Å². The van der Waals surface area contributed by atoms with E-state index in [1.165, 1.54) is 18.7 Å². The molecule has 0 aliphatic carbocycles. The summed E-state index contributed by atoms with van der Waals surface area (Å²) in [6.45, 7) is 21.7. The fourth-order valence-electron chi connectivity index (χ4n) is 5.69. The number of hydrogen-bond donors (Lipinski definition) is 1. The molecule has 4 atom stereocenters. The van der Waals surface area contributed by atoms with Gasteiger partial charge < -0.3 is 19.6 Å². The van der Waals surface area contributed by atoms with Gasteiger partial charge in [0.15, 0.2) is 14.1 Å². The molecular weight excluding hydrogens is 452 g/mol. The van der Waals surface area contributed by atoms with Crippen LogP contribution in [0.25, 0.3) is 0 Å². The van der Waals surface area contributed by atoms with Crippen LogP contribution in [0.5, 0.6) is 0 Å². The minimum Gasteiger partial charge on any atom is -0.465 e. The molecule has 0 saturated carbocycles. The van der Waals surface area contributed by atoms with Gasteiger partial charge in [-0.3, -0.25) is 14.5 Å². The largest absolute Gasteiger partial charge is 0.465 e. The average molecular weight is 501 g/mol. The summed E-state index contributed by atoms with van der Waals surface area (Å²) in [5.74, 6) is -0.855. The Morgan fingerprint density at radius 2 is 1.50 bits per heavy atom. The van der Waals surface area contributed by atoms with Gasteiger partial charge in [-0.2, -0.15) is 0 Å². The SMILES string of the molecule is CC(=O)OCC1CC(C(C)=O)N(C(=O)OC(C)(C)C)C1C(N)CO[Si](C(C)C)(C(C)C)C(C)C. The van der Waals surface area contributed by atoms with E-state index in [0.717, 1.165) is 0 Å². The lowest BCUT2D eigenvalue weighted by molar-refractivity contribution is -0.142. The molecule has 0 radical (unpaired) electrons. The maximum absolute atomic E-state index is 13.3. The first-order valence-electron chi connectivity index (χ1n) is 12.5. The fourth-order valence-corrected chi connectivity index (χ4v) is 11.2. The standard InChI is InChI=1S/C25H48N2O6Si/c1-15(2)34(16(3)4,17(5)6)32-14-21(26)23-20(13-31-19(8)29)12-22(18(7)28)27(23)24(30)33-25(9,10)11/h15-17,20-23H,12-14,26H2,1-11H3. The zero-order chi connectivity index (χ0) is 26.6. The Balaban J connectivity index is 3.34. The molecule has 0 spiro atoms. The highest BCUT2D eigenvalue weighted by molar-refractivity contribution is 6.77. The Morgan fingerprint density at radius 1 is 1.00 bits per heavy atom. The zero-order valence-corrected chi connectivity index (χ0v) is 24.1. The van der Waals surface area contributed by atoms with Gasteiger partial charge in [-0.25, -0.2) is 4.79 Å². The number of likely N-dealkylation sites (tertiary alicyclic amines) is 1. The first kappa shape index (κ1) is 30.6. The van der Waals surface area contributed by atoms with Gasteiger partial charge in [0.05, 0.1) is 25.3 Å². The number of hydrogen-bond acceptors (Lipinski definition) is 7. The normalized spacial score (nSPS) is 22.4. The third-order valence-corrected chi connectivity index (χ3v) is 13.0. The number of amides is 1. The monoisotopic (exact) mass is 500 g/mol. The van der Waals surface area contributed by atoms with E-state index >= 15 is 0 Å². The number of ketones is 1. The van der Waals surface area contributed by atoms with Crippen molar-refractivity contribution in [3.8, 4) is 0 Å². The predicted octanol–water partition coefficient (Wildman–Crippen LogP) is 4.65. The Bertz CT molecular complexity index is 697. The Kier molecular flexibility index (Phi) is 10.8. The van der Waals surface area contributed by atoms with E-state index in [1.54, 1.807) is 20.8 Å². The summed E-state index contributed by atoms with van der Waals surface area (Å²) in [7, 11) is -2.19. The van der Waals surface area contributed by atoms with Gasteiger partial charge in [0.2, 0.25) is 0 Å². The molecule has 198 valence electrons. The van der Waals surface area contributed by atoms with E-state index in [-0.39, 0.29) is 24.9 Å². The van der Waals surface area contributed by atoms with Crippen LogP contribution in [0, 0.1) is 5.92 Å². The van der Waals surface area contributed by atoms with Crippen LogP contribution in [0.1, 0.15) is 82.6 Å². The van der Waals surface area contributed by atoms with Crippen molar-refractivity contribution < 1.29 is 28.3 Å². The summed E-state index contributed by atoms with van der Waals surface area (Å²) < 4.78 is 17.7. The second-order valence-electron chi connectivity index (χ2n) is 11.6. The lowest BCUT2D eigenvalue weighted by atomic mass is 9.94. The minimum atomic E-state index is -2.19. The molecule has 1 amide bonds. The Hall–Kier alpha value is -1.45. The number of Topliss-reactive ketones (excluding diaryl/α,β-unsaturated/α-hetero) is 1. The number of ether oxygens (including phenoxy) is 2. The minimum absolute atomic E-state index is 0.0812. The molecule has 1 aliphatic rings. The van der Waals surface area contributed by atoms with Gasteiger partial charge >= 0.3 is 12.1 Å². The summed E-state index contributed by atoms with van der Waals surface area (Å²) in [5, 5.41) is 0. The molecule has 2 N–H and O–H groups in total. The van der Waals surface area contributed by atoms with Gasteiger partial charge in [-0.1, -0.05) is 41.5 Å². The average Bonchev–Trinajstić information content (AvgIpc) is 3.04. The lowest BCUT2D eigenvalue weighted by Crippen LogP contribution is -2.58. The number of carbonyl (C=O) groups is 3. The summed E-state index contributed by atoms with van der Waals surface area (Å²) >= 11 is 0. The molecule has 1 aliphatic heterocycles. The quantitative estimate of drug-likeness (QED) is 0.343. The highest BCUT2D eigenvalue weighted by Crippen LogP contribution is 2.43. The second-order valence-corrected chi connectivity index (χ2v) is 17.1. The van der Waals surface area contributed by atoms with Crippen molar-refractivity contribution in [1.82, 2.24) is 4.90 Å². The van der Waals surface area contributed by atoms with Crippen molar-refractivity contribution in [2.24, 2.45) is 11.7 Å². The van der Waals surface area contributed by atoms with E-state index < -0.39 is 44.1 Å². The molecule has 0 aromatic heterocycles. The smallest absolute Gasteiger partial charge is 0.411 e. The van der Waals surface area contributed by atoms with Crippen LogP contribution in [-0.2, 0) is 23.5 Å². The van der Waals surface area contributed by atoms with E-state index in [2.05, 4.69) is 41.5 Å². The topological polar surface area (TPSA) is 108 Å². The van der Waals surface area contributed by atoms with E-state index in [0.29, 0.717) is 23.0 Å². The molecule has 34 heavy (non-hydrogen) atoms. The van der Waals surface area contributed by atoms with E-state index in [4.69, 9.17) is 19.6 Å². The Labute approximate surface area is 207 Å². The highest BCUT2D eigenvalue weighted by atomic mass is 28.4. The van der Waals surface area contributed by atoms with E-state index in [1.807, 2.05) is 0 Å². The summed E-state index contributed by atoms with van der Waals surface area (Å²) in [4.78, 5) is 38.8. The third-order valence-electron chi connectivity index (χ3n) is 6.91. The molecule has 1 heterocycles. The summed E-state index contributed by atoms with van der Waals surface area (Å²) in [6, 6.07) is -1.81. The predicted molar refractivity (Wildman–Crippen MR) is 136 cm³/mol. The molecule has 4 unspecified atom stereocenters. The number of esters is 1. The van der Waals surface area contributed by atoms with Crippen LogP contribution in [0.4, 0.5) is 4.79 Å². The van der Waals surface area contributed by atoms with Crippen molar-refractivity contribution >= 4 is 26.2 Å². The molecular formula is C25H48N2O6Si. The molecule has 0 bridgehead atoms. The summed E-state index contributed by atoms with van der Waals surface area (Å²) in [6.07, 6.45) is -0.222. The van der Waals surface area contributed by atoms with Crippen LogP contribution < -0.4 is 5.73 Å². The second kappa shape index (κ2) is 12.0. The maximum Gasteiger partial charge on any atom is 0.411 e. The number of nitrogens with zero attached hydrogens (tertiary/aromatic N) is 1. The van der Waals surface area contributed by atoms with Crippen molar-refractivity contribution in [2.45, 2.75) is 123 Å². The fraction of sp³-hybridized carbons (Fsp3) is 0.880. The molecule has 1 rings (SSSR count). The number of carbonyl (C=O) groups excluding carboxylic acids is 3. The summed E-state index contributed by atoms with van der Waals surface area (Å²) in [5.41, 5.74) is 7.15. The lowest BCUT2D eigenvalue weighted by Gasteiger charge is -2.44. The van der Waals surface area contributed by atoms with Crippen molar-refractivity contribution in [1.29, 1.82) is 0 Å². The first-order chi connectivity index (χ1) is 15.5. The molecule has 1 fully saturated rings. The maximum atomic E-state index is 13.3. The molecule has 1 saturated heterocycles. The molecule has 0 aromatic rings. The van der Waals surface area contributed by atoms with Crippen molar-refractivity contribution in [3.05, 3.63) is 0 Å². The van der Waals surface area contributed by atoms with Crippen molar-refractivity contribution in [2.75, 3.05) is 13.2 Å². The first-order valence-corrected chi connectivity index (χ1v) is 14.6.